The van der Waals surface area contributed by atoms with Crippen molar-refractivity contribution < 1.29 is 13.9 Å². The minimum Gasteiger partial charge on any atom is -0.494 e. The number of aromatic nitrogens is 2. The third-order valence-corrected chi connectivity index (χ3v) is 4.06. The van der Waals surface area contributed by atoms with E-state index in [2.05, 4.69) is 22.4 Å². The highest BCUT2D eigenvalue weighted by molar-refractivity contribution is 6.03. The van der Waals surface area contributed by atoms with Crippen LogP contribution in [0.1, 0.15) is 42.1 Å². The SMILES string of the molecule is CCCCCOc1cccc(C(=O)Nc2nnc(-c3ccc(C)cc3)o2)c1. The van der Waals surface area contributed by atoms with Crippen LogP contribution in [0, 0.1) is 6.92 Å². The number of carbonyl (C=O) groups is 1. The van der Waals surface area contributed by atoms with Crippen LogP contribution in [-0.4, -0.2) is 22.7 Å². The Bertz CT molecular complexity index is 888. The van der Waals surface area contributed by atoms with E-state index >= 15 is 0 Å². The van der Waals surface area contributed by atoms with Crippen LogP contribution in [-0.2, 0) is 0 Å². The summed E-state index contributed by atoms with van der Waals surface area (Å²) in [6.07, 6.45) is 3.26. The van der Waals surface area contributed by atoms with Crippen molar-refractivity contribution in [3.63, 3.8) is 0 Å². The number of nitrogens with one attached hydrogen (secondary N) is 1. The lowest BCUT2D eigenvalue weighted by molar-refractivity contribution is 0.102. The molecule has 0 unspecified atom stereocenters. The Labute approximate surface area is 158 Å². The van der Waals surface area contributed by atoms with E-state index in [4.69, 9.17) is 9.15 Å². The summed E-state index contributed by atoms with van der Waals surface area (Å²) in [5, 5.41) is 10.5. The average molecular weight is 365 g/mol. The smallest absolute Gasteiger partial charge is 0.322 e. The number of hydrogen-bond donors (Lipinski definition) is 1. The predicted molar refractivity (Wildman–Crippen MR) is 104 cm³/mol. The predicted octanol–water partition coefficient (Wildman–Crippen LogP) is 4.87. The Hall–Kier alpha value is -3.15. The van der Waals surface area contributed by atoms with E-state index in [1.807, 2.05) is 37.3 Å². The zero-order valence-corrected chi connectivity index (χ0v) is 15.6. The van der Waals surface area contributed by atoms with Gasteiger partial charge < -0.3 is 9.15 Å². The highest BCUT2D eigenvalue weighted by atomic mass is 16.5. The van der Waals surface area contributed by atoms with E-state index in [0.717, 1.165) is 30.4 Å². The minimum absolute atomic E-state index is 0.0600. The second kappa shape index (κ2) is 8.98. The summed E-state index contributed by atoms with van der Waals surface area (Å²) in [6, 6.07) is 14.8. The molecule has 1 aromatic heterocycles. The molecule has 6 nitrogen and oxygen atoms in total. The first kappa shape index (κ1) is 18.6. The average Bonchev–Trinajstić information content (AvgIpc) is 3.14. The first-order chi connectivity index (χ1) is 13.2. The molecule has 1 heterocycles. The molecule has 0 aliphatic heterocycles. The van der Waals surface area contributed by atoms with E-state index < -0.39 is 0 Å². The normalized spacial score (nSPS) is 10.6. The third kappa shape index (κ3) is 5.17. The number of aryl methyl sites for hydroxylation is 1. The van der Waals surface area contributed by atoms with E-state index in [9.17, 15) is 4.79 Å². The molecule has 2 aromatic carbocycles. The lowest BCUT2D eigenvalue weighted by Gasteiger charge is -2.07. The van der Waals surface area contributed by atoms with Crippen molar-refractivity contribution in [3.8, 4) is 17.2 Å². The van der Waals surface area contributed by atoms with Crippen LogP contribution in [0.4, 0.5) is 6.01 Å². The van der Waals surface area contributed by atoms with Crippen molar-refractivity contribution in [2.45, 2.75) is 33.1 Å². The number of benzene rings is 2. The molecule has 6 heteroatoms. The van der Waals surface area contributed by atoms with E-state index in [0.29, 0.717) is 23.8 Å². The van der Waals surface area contributed by atoms with Gasteiger partial charge in [-0.05, 0) is 43.7 Å². The quantitative estimate of drug-likeness (QED) is 0.577. The first-order valence-corrected chi connectivity index (χ1v) is 9.10. The van der Waals surface area contributed by atoms with Crippen LogP contribution in [0.25, 0.3) is 11.5 Å². The highest BCUT2D eigenvalue weighted by Crippen LogP contribution is 2.21. The summed E-state index contributed by atoms with van der Waals surface area (Å²) >= 11 is 0. The molecular formula is C21H23N3O3. The summed E-state index contributed by atoms with van der Waals surface area (Å²) in [7, 11) is 0. The van der Waals surface area contributed by atoms with Crippen LogP contribution < -0.4 is 10.1 Å². The number of hydrogen-bond acceptors (Lipinski definition) is 5. The number of amides is 1. The van der Waals surface area contributed by atoms with Gasteiger partial charge in [0.1, 0.15) is 5.75 Å². The zero-order chi connectivity index (χ0) is 19.1. The number of anilines is 1. The van der Waals surface area contributed by atoms with Gasteiger partial charge in [0.2, 0.25) is 5.89 Å². The molecule has 0 atom stereocenters. The molecule has 0 bridgehead atoms. The molecular weight excluding hydrogens is 342 g/mol. The summed E-state index contributed by atoms with van der Waals surface area (Å²) in [4.78, 5) is 12.4. The van der Waals surface area contributed by atoms with Gasteiger partial charge in [-0.3, -0.25) is 10.1 Å². The van der Waals surface area contributed by atoms with Gasteiger partial charge in [-0.25, -0.2) is 0 Å². The topological polar surface area (TPSA) is 77.2 Å². The van der Waals surface area contributed by atoms with Gasteiger partial charge in [0.05, 0.1) is 6.61 Å². The lowest BCUT2D eigenvalue weighted by Crippen LogP contribution is -2.12. The van der Waals surface area contributed by atoms with Gasteiger partial charge >= 0.3 is 6.01 Å². The van der Waals surface area contributed by atoms with Crippen LogP contribution in [0.5, 0.6) is 5.75 Å². The standard InChI is InChI=1S/C21H23N3O3/c1-3-4-5-13-26-18-8-6-7-17(14-18)19(25)22-21-24-23-20(27-21)16-11-9-15(2)10-12-16/h6-12,14H,3-5,13H2,1-2H3,(H,22,24,25). The molecule has 27 heavy (non-hydrogen) atoms. The third-order valence-electron chi connectivity index (χ3n) is 4.06. The Morgan fingerprint density at radius 3 is 2.70 bits per heavy atom. The summed E-state index contributed by atoms with van der Waals surface area (Å²) < 4.78 is 11.2. The molecule has 0 aliphatic rings. The minimum atomic E-state index is -0.326. The van der Waals surface area contributed by atoms with Gasteiger partial charge in [-0.15, -0.1) is 5.10 Å². The summed E-state index contributed by atoms with van der Waals surface area (Å²) in [5.41, 5.74) is 2.41. The van der Waals surface area contributed by atoms with Gasteiger partial charge in [0.25, 0.3) is 5.91 Å². The maximum absolute atomic E-state index is 12.4. The molecule has 0 fully saturated rings. The number of rotatable bonds is 8. The highest BCUT2D eigenvalue weighted by Gasteiger charge is 2.13. The monoisotopic (exact) mass is 365 g/mol. The molecule has 0 spiro atoms. The molecule has 0 radical (unpaired) electrons. The number of ether oxygens (including phenoxy) is 1. The van der Waals surface area contributed by atoms with Crippen LogP contribution in [0.15, 0.2) is 52.9 Å². The van der Waals surface area contributed by atoms with Crippen LogP contribution >= 0.6 is 0 Å². The number of carbonyl (C=O) groups excluding carboxylic acids is 1. The van der Waals surface area contributed by atoms with Crippen molar-refractivity contribution in [1.29, 1.82) is 0 Å². The molecule has 3 rings (SSSR count). The van der Waals surface area contributed by atoms with Crippen molar-refractivity contribution in [2.75, 3.05) is 11.9 Å². The first-order valence-electron chi connectivity index (χ1n) is 9.10. The Kier molecular flexibility index (Phi) is 6.20. The van der Waals surface area contributed by atoms with Gasteiger partial charge in [0, 0.05) is 11.1 Å². The van der Waals surface area contributed by atoms with E-state index in [-0.39, 0.29) is 11.9 Å². The van der Waals surface area contributed by atoms with Crippen molar-refractivity contribution in [2.24, 2.45) is 0 Å². The Morgan fingerprint density at radius 1 is 1.11 bits per heavy atom. The van der Waals surface area contributed by atoms with Gasteiger partial charge in [0.15, 0.2) is 0 Å². The maximum Gasteiger partial charge on any atom is 0.322 e. The van der Waals surface area contributed by atoms with Gasteiger partial charge in [-0.2, -0.15) is 0 Å². The molecule has 0 saturated carbocycles. The van der Waals surface area contributed by atoms with Gasteiger partial charge in [-0.1, -0.05) is 48.6 Å². The van der Waals surface area contributed by atoms with Crippen molar-refractivity contribution in [3.05, 3.63) is 59.7 Å². The second-order valence-electron chi connectivity index (χ2n) is 6.32. The largest absolute Gasteiger partial charge is 0.494 e. The van der Waals surface area contributed by atoms with Crippen molar-refractivity contribution >= 4 is 11.9 Å². The fourth-order valence-corrected chi connectivity index (χ4v) is 2.53. The molecule has 140 valence electrons. The Morgan fingerprint density at radius 2 is 1.93 bits per heavy atom. The van der Waals surface area contributed by atoms with Crippen LogP contribution in [0.3, 0.4) is 0 Å². The maximum atomic E-state index is 12.4. The fraction of sp³-hybridized carbons (Fsp3) is 0.286. The number of nitrogens with zero attached hydrogens (tertiary/aromatic N) is 2. The fourth-order valence-electron chi connectivity index (χ4n) is 2.53. The number of unbranched alkanes of at least 4 members (excludes halogenated alkanes) is 2. The molecule has 3 aromatic rings. The van der Waals surface area contributed by atoms with E-state index in [1.54, 1.807) is 18.2 Å². The summed E-state index contributed by atoms with van der Waals surface area (Å²) in [6.45, 7) is 4.79. The summed E-state index contributed by atoms with van der Waals surface area (Å²) in [5.74, 6) is 0.705. The molecule has 0 saturated heterocycles. The molecule has 1 N–H and O–H groups in total. The lowest BCUT2D eigenvalue weighted by atomic mass is 10.1. The second-order valence-corrected chi connectivity index (χ2v) is 6.32. The molecule has 0 aliphatic carbocycles. The van der Waals surface area contributed by atoms with Crippen molar-refractivity contribution in [1.82, 2.24) is 10.2 Å². The molecule has 1 amide bonds. The van der Waals surface area contributed by atoms with E-state index in [1.165, 1.54) is 0 Å². The Balaban J connectivity index is 1.63. The van der Waals surface area contributed by atoms with Crippen LogP contribution in [0.2, 0.25) is 0 Å². The zero-order valence-electron chi connectivity index (χ0n) is 15.6.